The Morgan fingerprint density at radius 3 is 2.79 bits per heavy atom. The Balaban J connectivity index is 2.25. The second kappa shape index (κ2) is 6.42. The Labute approximate surface area is 123 Å². The average molecular weight is 295 g/mol. The van der Waals surface area contributed by atoms with E-state index in [1.54, 1.807) is 11.3 Å². The number of benzene rings is 1. The minimum atomic E-state index is 0.105. The molecule has 4 heteroatoms. The fourth-order valence-electron chi connectivity index (χ4n) is 2.17. The quantitative estimate of drug-likeness (QED) is 0.905. The number of hydrogen-bond donors (Lipinski definition) is 1. The molecule has 0 spiro atoms. The predicted molar refractivity (Wildman–Crippen MR) is 85.2 cm³/mol. The van der Waals surface area contributed by atoms with Crippen molar-refractivity contribution in [3.8, 4) is 0 Å². The van der Waals surface area contributed by atoms with Crippen LogP contribution in [0.25, 0.3) is 0 Å². The zero-order valence-electron chi connectivity index (χ0n) is 11.3. The van der Waals surface area contributed by atoms with E-state index in [1.807, 2.05) is 19.1 Å². The minimum absolute atomic E-state index is 0.105. The first-order valence-electron chi connectivity index (χ1n) is 6.33. The predicted octanol–water partition coefficient (Wildman–Crippen LogP) is 3.93. The van der Waals surface area contributed by atoms with Gasteiger partial charge in [0.15, 0.2) is 0 Å². The third-order valence-corrected chi connectivity index (χ3v) is 4.12. The fraction of sp³-hybridized carbons (Fsp3) is 0.333. The van der Waals surface area contributed by atoms with Gasteiger partial charge >= 0.3 is 0 Å². The van der Waals surface area contributed by atoms with Crippen LogP contribution >= 0.6 is 22.9 Å². The summed E-state index contributed by atoms with van der Waals surface area (Å²) in [5, 5.41) is 5.07. The maximum Gasteiger partial charge on any atom is 0.0459 e. The van der Waals surface area contributed by atoms with Crippen molar-refractivity contribution in [2.24, 2.45) is 5.73 Å². The number of nitrogens with two attached hydrogens (primary N) is 1. The number of rotatable bonds is 5. The van der Waals surface area contributed by atoms with Crippen LogP contribution in [-0.4, -0.2) is 13.1 Å². The lowest BCUT2D eigenvalue weighted by Crippen LogP contribution is -2.22. The highest BCUT2D eigenvalue weighted by atomic mass is 35.5. The summed E-state index contributed by atoms with van der Waals surface area (Å²) in [6.45, 7) is 2.89. The Kier molecular flexibility index (Phi) is 4.86. The van der Waals surface area contributed by atoms with Gasteiger partial charge < -0.3 is 10.6 Å². The molecule has 0 aliphatic rings. The topological polar surface area (TPSA) is 29.3 Å². The van der Waals surface area contributed by atoms with Crippen LogP contribution in [0.4, 0.5) is 5.69 Å². The first kappa shape index (κ1) is 14.4. The van der Waals surface area contributed by atoms with E-state index in [-0.39, 0.29) is 6.04 Å². The van der Waals surface area contributed by atoms with E-state index in [2.05, 4.69) is 34.8 Å². The largest absolute Gasteiger partial charge is 0.370 e. The van der Waals surface area contributed by atoms with Gasteiger partial charge in [-0.1, -0.05) is 17.7 Å². The number of halogens is 1. The van der Waals surface area contributed by atoms with Gasteiger partial charge in [0.25, 0.3) is 0 Å². The molecular formula is C15H19ClN2S. The summed E-state index contributed by atoms with van der Waals surface area (Å²) < 4.78 is 0. The molecule has 2 aromatic rings. The zero-order valence-corrected chi connectivity index (χ0v) is 12.8. The molecule has 1 unspecified atom stereocenters. The maximum absolute atomic E-state index is 6.32. The van der Waals surface area contributed by atoms with Gasteiger partial charge in [-0.05, 0) is 53.4 Å². The van der Waals surface area contributed by atoms with Gasteiger partial charge in [0.2, 0.25) is 0 Å². The first-order valence-corrected chi connectivity index (χ1v) is 7.65. The summed E-state index contributed by atoms with van der Waals surface area (Å²) in [4.78, 5) is 2.23. The highest BCUT2D eigenvalue weighted by Gasteiger charge is 2.12. The third-order valence-electron chi connectivity index (χ3n) is 3.03. The molecule has 1 aromatic carbocycles. The van der Waals surface area contributed by atoms with Crippen LogP contribution in [0.1, 0.15) is 18.1 Å². The minimum Gasteiger partial charge on any atom is -0.370 e. The molecule has 0 radical (unpaired) electrons. The lowest BCUT2D eigenvalue weighted by atomic mass is 10.0. The van der Waals surface area contributed by atoms with E-state index in [0.717, 1.165) is 29.2 Å². The number of nitrogens with zero attached hydrogens (tertiary/aromatic N) is 1. The number of hydrogen-bond acceptors (Lipinski definition) is 3. The van der Waals surface area contributed by atoms with Gasteiger partial charge in [-0.15, -0.1) is 0 Å². The molecule has 2 rings (SSSR count). The van der Waals surface area contributed by atoms with Crippen LogP contribution < -0.4 is 10.6 Å². The van der Waals surface area contributed by atoms with Crippen molar-refractivity contribution in [3.05, 3.63) is 51.2 Å². The van der Waals surface area contributed by atoms with E-state index in [1.165, 1.54) is 5.56 Å². The zero-order chi connectivity index (χ0) is 13.8. The highest BCUT2D eigenvalue weighted by molar-refractivity contribution is 7.07. The van der Waals surface area contributed by atoms with Gasteiger partial charge in [0.05, 0.1) is 0 Å². The second-order valence-corrected chi connectivity index (χ2v) is 6.09. The summed E-state index contributed by atoms with van der Waals surface area (Å²) in [6.07, 6.45) is 0.795. The van der Waals surface area contributed by atoms with Crippen LogP contribution in [0.3, 0.4) is 0 Å². The lowest BCUT2D eigenvalue weighted by molar-refractivity contribution is 0.734. The van der Waals surface area contributed by atoms with Crippen molar-refractivity contribution in [3.63, 3.8) is 0 Å². The third kappa shape index (κ3) is 3.72. The Morgan fingerprint density at radius 2 is 2.16 bits per heavy atom. The summed E-state index contributed by atoms with van der Waals surface area (Å²) in [7, 11) is 2.09. The van der Waals surface area contributed by atoms with Crippen molar-refractivity contribution in [1.29, 1.82) is 0 Å². The molecular weight excluding hydrogens is 276 g/mol. The molecule has 1 atom stereocenters. The van der Waals surface area contributed by atoms with Crippen LogP contribution in [0, 0.1) is 0 Å². The summed E-state index contributed by atoms with van der Waals surface area (Å²) in [5.74, 6) is 0. The van der Waals surface area contributed by atoms with Crippen molar-refractivity contribution >= 4 is 28.6 Å². The van der Waals surface area contributed by atoms with E-state index in [9.17, 15) is 0 Å². The Hall–Kier alpha value is -1.03. The SMILES string of the molecule is CC(N)Cc1c(Cl)cccc1N(C)Cc1ccsc1. The van der Waals surface area contributed by atoms with Crippen molar-refractivity contribution < 1.29 is 0 Å². The molecule has 2 nitrogen and oxygen atoms in total. The Bertz CT molecular complexity index is 523. The standard InChI is InChI=1S/C15H19ClN2S/c1-11(17)8-13-14(16)4-3-5-15(13)18(2)9-12-6-7-19-10-12/h3-7,10-11H,8-9,17H2,1-2H3. The molecule has 0 aliphatic heterocycles. The van der Waals surface area contributed by atoms with E-state index >= 15 is 0 Å². The van der Waals surface area contributed by atoms with Crippen LogP contribution in [0.15, 0.2) is 35.0 Å². The second-order valence-electron chi connectivity index (χ2n) is 4.91. The van der Waals surface area contributed by atoms with Gasteiger partial charge in [-0.2, -0.15) is 11.3 Å². The van der Waals surface area contributed by atoms with Crippen molar-refractivity contribution in [2.45, 2.75) is 25.9 Å². The average Bonchev–Trinajstić information content (AvgIpc) is 2.84. The lowest BCUT2D eigenvalue weighted by Gasteiger charge is -2.23. The molecule has 2 N–H and O–H groups in total. The molecule has 1 heterocycles. The number of anilines is 1. The van der Waals surface area contributed by atoms with Crippen molar-refractivity contribution in [2.75, 3.05) is 11.9 Å². The first-order chi connectivity index (χ1) is 9.08. The molecule has 0 bridgehead atoms. The van der Waals surface area contributed by atoms with Gasteiger partial charge in [0.1, 0.15) is 0 Å². The highest BCUT2D eigenvalue weighted by Crippen LogP contribution is 2.29. The molecule has 0 amide bonds. The monoisotopic (exact) mass is 294 g/mol. The molecule has 0 saturated carbocycles. The Morgan fingerprint density at radius 1 is 1.37 bits per heavy atom. The molecule has 0 aliphatic carbocycles. The van der Waals surface area contributed by atoms with Crippen LogP contribution in [0.5, 0.6) is 0 Å². The summed E-state index contributed by atoms with van der Waals surface area (Å²) >= 11 is 8.04. The van der Waals surface area contributed by atoms with Crippen LogP contribution in [-0.2, 0) is 13.0 Å². The molecule has 19 heavy (non-hydrogen) atoms. The fourth-order valence-corrected chi connectivity index (χ4v) is 3.08. The van der Waals surface area contributed by atoms with Gasteiger partial charge in [-0.25, -0.2) is 0 Å². The maximum atomic E-state index is 6.32. The summed E-state index contributed by atoms with van der Waals surface area (Å²) in [5.41, 5.74) is 9.54. The van der Waals surface area contributed by atoms with Gasteiger partial charge in [-0.3, -0.25) is 0 Å². The molecule has 102 valence electrons. The number of thiophene rings is 1. The molecule has 0 fully saturated rings. The smallest absolute Gasteiger partial charge is 0.0459 e. The van der Waals surface area contributed by atoms with E-state index in [4.69, 9.17) is 17.3 Å². The normalized spacial score (nSPS) is 12.4. The van der Waals surface area contributed by atoms with E-state index in [0.29, 0.717) is 0 Å². The molecule has 1 aromatic heterocycles. The van der Waals surface area contributed by atoms with E-state index < -0.39 is 0 Å². The van der Waals surface area contributed by atoms with Crippen molar-refractivity contribution in [1.82, 2.24) is 0 Å². The van der Waals surface area contributed by atoms with Crippen LogP contribution in [0.2, 0.25) is 5.02 Å². The molecule has 0 saturated heterocycles. The summed E-state index contributed by atoms with van der Waals surface area (Å²) in [6, 6.07) is 8.29. The van der Waals surface area contributed by atoms with Gasteiger partial charge in [0, 0.05) is 30.3 Å².